The van der Waals surface area contributed by atoms with Gasteiger partial charge in [-0.1, -0.05) is 0 Å². The Morgan fingerprint density at radius 1 is 1.19 bits per heavy atom. The summed E-state index contributed by atoms with van der Waals surface area (Å²) < 4.78 is 46.4. The average molecular weight is 244 g/mol. The van der Waals surface area contributed by atoms with Gasteiger partial charge in [0.05, 0.1) is 6.04 Å². The number of ether oxygens (including phenoxy) is 2. The maximum Gasteiger partial charge on any atom is 0.389 e. The Labute approximate surface area is 93.2 Å². The zero-order chi connectivity index (χ0) is 12.6. The molecule has 1 unspecified atom stereocenters. The summed E-state index contributed by atoms with van der Waals surface area (Å²) in [5, 5.41) is 0. The molecule has 0 saturated heterocycles. The molecule has 0 fully saturated rings. The minimum Gasteiger partial charge on any atom is -0.351 e. The molecular formula is C9H19F3N2O2. The molecule has 0 aromatic carbocycles. The van der Waals surface area contributed by atoms with Crippen LogP contribution in [0.5, 0.6) is 0 Å². The van der Waals surface area contributed by atoms with Crippen LogP contribution < -0.4 is 11.3 Å². The molecule has 4 nitrogen and oxygen atoms in total. The van der Waals surface area contributed by atoms with Gasteiger partial charge in [-0.25, -0.2) is 0 Å². The van der Waals surface area contributed by atoms with Crippen molar-refractivity contribution in [2.75, 3.05) is 13.2 Å². The van der Waals surface area contributed by atoms with E-state index in [-0.39, 0.29) is 6.42 Å². The Balaban J connectivity index is 4.19. The van der Waals surface area contributed by atoms with Crippen molar-refractivity contribution in [2.24, 2.45) is 5.84 Å². The molecule has 0 amide bonds. The van der Waals surface area contributed by atoms with E-state index < -0.39 is 24.9 Å². The monoisotopic (exact) mass is 244 g/mol. The first-order chi connectivity index (χ1) is 7.44. The van der Waals surface area contributed by atoms with Crippen LogP contribution >= 0.6 is 0 Å². The molecule has 0 aromatic rings. The molecule has 0 saturated carbocycles. The SMILES string of the molecule is CCOC(OCC)C(CCC(F)(F)F)NN. The molecule has 0 spiro atoms. The lowest BCUT2D eigenvalue weighted by molar-refractivity contribution is -0.168. The van der Waals surface area contributed by atoms with Gasteiger partial charge >= 0.3 is 6.18 Å². The van der Waals surface area contributed by atoms with Gasteiger partial charge in [0.1, 0.15) is 0 Å². The number of rotatable bonds is 8. The number of hydrogen-bond donors (Lipinski definition) is 2. The van der Waals surface area contributed by atoms with Crippen molar-refractivity contribution in [1.29, 1.82) is 0 Å². The third kappa shape index (κ3) is 7.00. The zero-order valence-electron chi connectivity index (χ0n) is 9.51. The second kappa shape index (κ2) is 7.83. The predicted molar refractivity (Wildman–Crippen MR) is 53.4 cm³/mol. The summed E-state index contributed by atoms with van der Waals surface area (Å²) in [7, 11) is 0. The summed E-state index contributed by atoms with van der Waals surface area (Å²) in [5.74, 6) is 5.19. The minimum absolute atomic E-state index is 0.176. The predicted octanol–water partition coefficient (Wildman–Crippen LogP) is 1.56. The maximum absolute atomic E-state index is 12.0. The number of halogens is 3. The highest BCUT2D eigenvalue weighted by molar-refractivity contribution is 4.70. The van der Waals surface area contributed by atoms with Crippen LogP contribution in [0.1, 0.15) is 26.7 Å². The van der Waals surface area contributed by atoms with E-state index in [2.05, 4.69) is 5.43 Å². The van der Waals surface area contributed by atoms with Crippen molar-refractivity contribution < 1.29 is 22.6 Å². The lowest BCUT2D eigenvalue weighted by atomic mass is 10.1. The van der Waals surface area contributed by atoms with E-state index in [0.717, 1.165) is 0 Å². The van der Waals surface area contributed by atoms with Gasteiger partial charge in [-0.05, 0) is 20.3 Å². The third-order valence-corrected chi connectivity index (χ3v) is 1.94. The number of alkyl halides is 3. The molecule has 98 valence electrons. The van der Waals surface area contributed by atoms with Crippen LogP contribution in [-0.2, 0) is 9.47 Å². The molecule has 0 aliphatic heterocycles. The topological polar surface area (TPSA) is 56.5 Å². The highest BCUT2D eigenvalue weighted by atomic mass is 19.4. The lowest BCUT2D eigenvalue weighted by Crippen LogP contribution is -2.47. The molecule has 1 atom stereocenters. The van der Waals surface area contributed by atoms with Gasteiger partial charge in [-0.2, -0.15) is 13.2 Å². The van der Waals surface area contributed by atoms with Gasteiger partial charge in [-0.15, -0.1) is 0 Å². The van der Waals surface area contributed by atoms with Crippen molar-refractivity contribution in [1.82, 2.24) is 5.43 Å². The molecule has 0 aliphatic rings. The van der Waals surface area contributed by atoms with Gasteiger partial charge in [0, 0.05) is 19.6 Å². The smallest absolute Gasteiger partial charge is 0.351 e. The Morgan fingerprint density at radius 2 is 1.69 bits per heavy atom. The summed E-state index contributed by atoms with van der Waals surface area (Å²) in [6, 6.07) is -0.665. The standard InChI is InChI=1S/C9H19F3N2O2/c1-3-15-8(16-4-2)7(14-13)5-6-9(10,11)12/h7-8,14H,3-6,13H2,1-2H3. The van der Waals surface area contributed by atoms with Gasteiger partial charge < -0.3 is 9.47 Å². The van der Waals surface area contributed by atoms with Crippen LogP contribution in [-0.4, -0.2) is 31.7 Å². The fraction of sp³-hybridized carbons (Fsp3) is 1.00. The summed E-state index contributed by atoms with van der Waals surface area (Å²) >= 11 is 0. The van der Waals surface area contributed by atoms with E-state index in [1.54, 1.807) is 13.8 Å². The first kappa shape index (κ1) is 15.6. The number of nitrogens with two attached hydrogens (primary N) is 1. The Kier molecular flexibility index (Phi) is 7.65. The van der Waals surface area contributed by atoms with E-state index in [9.17, 15) is 13.2 Å². The van der Waals surface area contributed by atoms with Crippen LogP contribution in [0.25, 0.3) is 0 Å². The molecule has 0 aliphatic carbocycles. The first-order valence-corrected chi connectivity index (χ1v) is 5.20. The molecule has 3 N–H and O–H groups in total. The highest BCUT2D eigenvalue weighted by Gasteiger charge is 2.31. The quantitative estimate of drug-likeness (QED) is 0.386. The van der Waals surface area contributed by atoms with Gasteiger partial charge in [0.2, 0.25) is 0 Å². The Morgan fingerprint density at radius 3 is 2.00 bits per heavy atom. The van der Waals surface area contributed by atoms with E-state index in [4.69, 9.17) is 15.3 Å². The molecule has 16 heavy (non-hydrogen) atoms. The number of hydrazine groups is 1. The molecular weight excluding hydrogens is 225 g/mol. The Bertz CT molecular complexity index is 173. The zero-order valence-corrected chi connectivity index (χ0v) is 9.51. The lowest BCUT2D eigenvalue weighted by Gasteiger charge is -2.26. The van der Waals surface area contributed by atoms with Gasteiger partial charge in [0.25, 0.3) is 0 Å². The maximum atomic E-state index is 12.0. The van der Waals surface area contributed by atoms with Crippen molar-refractivity contribution >= 4 is 0 Å². The number of nitrogens with one attached hydrogen (secondary N) is 1. The summed E-state index contributed by atoms with van der Waals surface area (Å²) in [5.41, 5.74) is 2.29. The Hall–Kier alpha value is -0.370. The second-order valence-corrected chi connectivity index (χ2v) is 3.21. The minimum atomic E-state index is -4.20. The molecule has 7 heteroatoms. The number of hydrogen-bond acceptors (Lipinski definition) is 4. The van der Waals surface area contributed by atoms with E-state index >= 15 is 0 Å². The fourth-order valence-electron chi connectivity index (χ4n) is 1.23. The van der Waals surface area contributed by atoms with E-state index in [1.165, 1.54) is 0 Å². The van der Waals surface area contributed by atoms with Crippen molar-refractivity contribution in [2.45, 2.75) is 45.2 Å². The summed E-state index contributed by atoms with van der Waals surface area (Å²) in [6.07, 6.45) is -6.04. The average Bonchev–Trinajstić information content (AvgIpc) is 2.17. The van der Waals surface area contributed by atoms with Crippen LogP contribution in [0, 0.1) is 0 Å². The van der Waals surface area contributed by atoms with Crippen LogP contribution in [0.4, 0.5) is 13.2 Å². The third-order valence-electron chi connectivity index (χ3n) is 1.94. The van der Waals surface area contributed by atoms with E-state index in [0.29, 0.717) is 13.2 Å². The van der Waals surface area contributed by atoms with Gasteiger partial charge in [0.15, 0.2) is 6.29 Å². The molecule has 0 rings (SSSR count). The summed E-state index contributed by atoms with van der Waals surface area (Å²) in [6.45, 7) is 4.19. The largest absolute Gasteiger partial charge is 0.389 e. The normalized spacial score (nSPS) is 14.4. The van der Waals surface area contributed by atoms with Crippen molar-refractivity contribution in [3.63, 3.8) is 0 Å². The van der Waals surface area contributed by atoms with Crippen molar-refractivity contribution in [3.8, 4) is 0 Å². The molecule has 0 radical (unpaired) electrons. The van der Waals surface area contributed by atoms with Crippen LogP contribution in [0.2, 0.25) is 0 Å². The van der Waals surface area contributed by atoms with E-state index in [1.807, 2.05) is 0 Å². The highest BCUT2D eigenvalue weighted by Crippen LogP contribution is 2.23. The molecule has 0 heterocycles. The van der Waals surface area contributed by atoms with Gasteiger partial charge in [-0.3, -0.25) is 11.3 Å². The fourth-order valence-corrected chi connectivity index (χ4v) is 1.23. The summed E-state index contributed by atoms with van der Waals surface area (Å²) in [4.78, 5) is 0. The van der Waals surface area contributed by atoms with Crippen LogP contribution in [0.3, 0.4) is 0 Å². The molecule has 0 aromatic heterocycles. The van der Waals surface area contributed by atoms with Crippen LogP contribution in [0.15, 0.2) is 0 Å². The second-order valence-electron chi connectivity index (χ2n) is 3.21. The van der Waals surface area contributed by atoms with Crippen molar-refractivity contribution in [3.05, 3.63) is 0 Å². The first-order valence-electron chi connectivity index (χ1n) is 5.20. The molecule has 0 bridgehead atoms.